The van der Waals surface area contributed by atoms with Crippen molar-refractivity contribution in [1.29, 1.82) is 0 Å². The maximum absolute atomic E-state index is 5.86. The van der Waals surface area contributed by atoms with Crippen molar-refractivity contribution < 1.29 is 4.74 Å². The number of hydrogen-bond acceptors (Lipinski definition) is 3. The number of ether oxygens (including phenoxy) is 1. The van der Waals surface area contributed by atoms with Crippen molar-refractivity contribution in [2.45, 2.75) is 77.1 Å². The van der Waals surface area contributed by atoms with Crippen LogP contribution in [0.5, 0.6) is 0 Å². The maximum atomic E-state index is 5.86. The van der Waals surface area contributed by atoms with Crippen LogP contribution in [0.3, 0.4) is 0 Å². The van der Waals surface area contributed by atoms with Crippen LogP contribution < -0.4 is 5.32 Å². The lowest BCUT2D eigenvalue weighted by atomic mass is 10.0. The normalized spacial score (nSPS) is 37.2. The molecule has 0 aromatic rings. The van der Waals surface area contributed by atoms with E-state index in [4.69, 9.17) is 4.74 Å². The molecule has 0 radical (unpaired) electrons. The van der Waals surface area contributed by atoms with Crippen molar-refractivity contribution >= 4 is 0 Å². The Balaban J connectivity index is 1.90. The van der Waals surface area contributed by atoms with Crippen LogP contribution in [0.25, 0.3) is 0 Å². The highest BCUT2D eigenvalue weighted by Crippen LogP contribution is 2.21. The van der Waals surface area contributed by atoms with E-state index in [0.29, 0.717) is 24.2 Å². The van der Waals surface area contributed by atoms with Crippen LogP contribution in [-0.2, 0) is 4.74 Å². The van der Waals surface area contributed by atoms with Crippen molar-refractivity contribution in [3.63, 3.8) is 0 Å². The topological polar surface area (TPSA) is 24.5 Å². The van der Waals surface area contributed by atoms with Gasteiger partial charge in [0.25, 0.3) is 0 Å². The van der Waals surface area contributed by atoms with Crippen molar-refractivity contribution in [3.05, 3.63) is 0 Å². The van der Waals surface area contributed by atoms with Crippen LogP contribution in [0.15, 0.2) is 0 Å². The van der Waals surface area contributed by atoms with Crippen LogP contribution in [0.4, 0.5) is 0 Å². The summed E-state index contributed by atoms with van der Waals surface area (Å²) < 4.78 is 5.86. The molecule has 4 unspecified atom stereocenters. The third-order valence-electron chi connectivity index (χ3n) is 4.71. The minimum Gasteiger partial charge on any atom is -0.377 e. The van der Waals surface area contributed by atoms with Crippen LogP contribution in [0.2, 0.25) is 0 Å². The SMILES string of the molecule is CCC1CCN(C(C)C2CCCO2)CCC(C)N1. The molecular formula is C15H30N2O. The lowest BCUT2D eigenvalue weighted by molar-refractivity contribution is 0.0253. The van der Waals surface area contributed by atoms with E-state index in [-0.39, 0.29) is 0 Å². The van der Waals surface area contributed by atoms with Gasteiger partial charge < -0.3 is 10.1 Å². The van der Waals surface area contributed by atoms with E-state index in [1.54, 1.807) is 0 Å². The van der Waals surface area contributed by atoms with Crippen LogP contribution in [-0.4, -0.2) is 48.8 Å². The standard InChI is InChI=1S/C15H30N2O/c1-4-14-8-10-17(9-7-12(2)16-14)13(3)15-6-5-11-18-15/h12-16H,4-11H2,1-3H3. The van der Waals surface area contributed by atoms with Gasteiger partial charge in [0.05, 0.1) is 6.10 Å². The minimum absolute atomic E-state index is 0.479. The summed E-state index contributed by atoms with van der Waals surface area (Å²) in [5, 5.41) is 3.74. The summed E-state index contributed by atoms with van der Waals surface area (Å²) >= 11 is 0. The Morgan fingerprint density at radius 3 is 2.72 bits per heavy atom. The molecule has 4 atom stereocenters. The van der Waals surface area contributed by atoms with E-state index in [1.807, 2.05) is 0 Å². The van der Waals surface area contributed by atoms with E-state index >= 15 is 0 Å². The van der Waals surface area contributed by atoms with Gasteiger partial charge in [-0.15, -0.1) is 0 Å². The Bertz CT molecular complexity index is 241. The summed E-state index contributed by atoms with van der Waals surface area (Å²) in [5.74, 6) is 0. The Morgan fingerprint density at radius 2 is 2.06 bits per heavy atom. The summed E-state index contributed by atoms with van der Waals surface area (Å²) in [5.41, 5.74) is 0. The van der Waals surface area contributed by atoms with Crippen LogP contribution in [0.1, 0.15) is 52.9 Å². The summed E-state index contributed by atoms with van der Waals surface area (Å²) in [6.45, 7) is 10.4. The highest BCUT2D eigenvalue weighted by molar-refractivity contribution is 4.84. The molecule has 2 saturated heterocycles. The fourth-order valence-corrected chi connectivity index (χ4v) is 3.31. The first-order valence-corrected chi connectivity index (χ1v) is 7.82. The zero-order valence-corrected chi connectivity index (χ0v) is 12.3. The molecule has 0 aromatic carbocycles. The molecule has 1 N–H and O–H groups in total. The third-order valence-corrected chi connectivity index (χ3v) is 4.71. The van der Waals surface area contributed by atoms with Gasteiger partial charge in [0.2, 0.25) is 0 Å². The van der Waals surface area contributed by atoms with Gasteiger partial charge in [0, 0.05) is 31.3 Å². The van der Waals surface area contributed by atoms with Crippen LogP contribution >= 0.6 is 0 Å². The van der Waals surface area contributed by atoms with E-state index in [1.165, 1.54) is 45.2 Å². The van der Waals surface area contributed by atoms with Gasteiger partial charge in [0.15, 0.2) is 0 Å². The first-order valence-electron chi connectivity index (χ1n) is 7.82. The Morgan fingerprint density at radius 1 is 1.28 bits per heavy atom. The molecule has 2 rings (SSSR count). The lowest BCUT2D eigenvalue weighted by Crippen LogP contribution is -2.49. The number of nitrogens with one attached hydrogen (secondary N) is 1. The molecule has 2 aliphatic rings. The Hall–Kier alpha value is -0.120. The molecular weight excluding hydrogens is 224 g/mol. The largest absolute Gasteiger partial charge is 0.377 e. The summed E-state index contributed by atoms with van der Waals surface area (Å²) in [7, 11) is 0. The smallest absolute Gasteiger partial charge is 0.0728 e. The summed E-state index contributed by atoms with van der Waals surface area (Å²) in [4.78, 5) is 2.66. The monoisotopic (exact) mass is 254 g/mol. The average Bonchev–Trinajstić information content (AvgIpc) is 2.87. The van der Waals surface area contributed by atoms with Crippen molar-refractivity contribution in [3.8, 4) is 0 Å². The fraction of sp³-hybridized carbons (Fsp3) is 1.00. The second-order valence-electron chi connectivity index (χ2n) is 6.08. The van der Waals surface area contributed by atoms with Crippen LogP contribution in [0, 0.1) is 0 Å². The van der Waals surface area contributed by atoms with Gasteiger partial charge in [-0.25, -0.2) is 0 Å². The molecule has 3 nitrogen and oxygen atoms in total. The first kappa shape index (κ1) is 14.3. The molecule has 0 spiro atoms. The molecule has 3 heteroatoms. The molecule has 2 heterocycles. The van der Waals surface area contributed by atoms with Gasteiger partial charge in [-0.3, -0.25) is 4.90 Å². The molecule has 2 aliphatic heterocycles. The molecule has 18 heavy (non-hydrogen) atoms. The summed E-state index contributed by atoms with van der Waals surface area (Å²) in [6.07, 6.45) is 6.76. The zero-order valence-electron chi connectivity index (χ0n) is 12.3. The Kier molecular flexibility index (Phi) is 5.46. The van der Waals surface area contributed by atoms with Gasteiger partial charge >= 0.3 is 0 Å². The second-order valence-corrected chi connectivity index (χ2v) is 6.08. The highest BCUT2D eigenvalue weighted by atomic mass is 16.5. The van der Waals surface area contributed by atoms with E-state index in [0.717, 1.165) is 6.61 Å². The first-order chi connectivity index (χ1) is 8.70. The van der Waals surface area contributed by atoms with E-state index in [9.17, 15) is 0 Å². The van der Waals surface area contributed by atoms with Crippen molar-refractivity contribution in [2.24, 2.45) is 0 Å². The highest BCUT2D eigenvalue weighted by Gasteiger charge is 2.28. The second kappa shape index (κ2) is 6.88. The van der Waals surface area contributed by atoms with E-state index in [2.05, 4.69) is 31.0 Å². The minimum atomic E-state index is 0.479. The van der Waals surface area contributed by atoms with Crippen molar-refractivity contribution in [2.75, 3.05) is 19.7 Å². The van der Waals surface area contributed by atoms with Gasteiger partial charge in [-0.1, -0.05) is 6.92 Å². The number of nitrogens with zero attached hydrogens (tertiary/aromatic N) is 1. The third kappa shape index (κ3) is 3.69. The van der Waals surface area contributed by atoms with Crippen molar-refractivity contribution in [1.82, 2.24) is 10.2 Å². The Labute approximate surface area is 112 Å². The molecule has 2 fully saturated rings. The molecule has 0 amide bonds. The van der Waals surface area contributed by atoms with Gasteiger partial charge in [0.1, 0.15) is 0 Å². The predicted molar refractivity (Wildman–Crippen MR) is 75.9 cm³/mol. The molecule has 0 bridgehead atoms. The number of rotatable bonds is 3. The zero-order chi connectivity index (χ0) is 13.0. The molecule has 0 aliphatic carbocycles. The van der Waals surface area contributed by atoms with E-state index < -0.39 is 0 Å². The molecule has 0 aromatic heterocycles. The maximum Gasteiger partial charge on any atom is 0.0728 e. The summed E-state index contributed by atoms with van der Waals surface area (Å²) in [6, 6.07) is 1.93. The van der Waals surface area contributed by atoms with Gasteiger partial charge in [-0.2, -0.15) is 0 Å². The molecule has 0 saturated carbocycles. The molecule has 106 valence electrons. The fourth-order valence-electron chi connectivity index (χ4n) is 3.31. The number of hydrogen-bond donors (Lipinski definition) is 1. The lowest BCUT2D eigenvalue weighted by Gasteiger charge is -2.37. The average molecular weight is 254 g/mol. The van der Waals surface area contributed by atoms with Gasteiger partial charge in [-0.05, 0) is 52.5 Å². The predicted octanol–water partition coefficient (Wildman–Crippen LogP) is 2.41. The quantitative estimate of drug-likeness (QED) is 0.837.